The summed E-state index contributed by atoms with van der Waals surface area (Å²) in [5.41, 5.74) is 4.66. The molecule has 156 valence electrons. The number of carbonyl (C=O) groups is 3. The lowest BCUT2D eigenvalue weighted by Crippen LogP contribution is -2.38. The zero-order valence-corrected chi connectivity index (χ0v) is 16.7. The van der Waals surface area contributed by atoms with Gasteiger partial charge < -0.3 is 15.4 Å². The zero-order chi connectivity index (χ0) is 21.3. The van der Waals surface area contributed by atoms with Gasteiger partial charge in [0.1, 0.15) is 5.75 Å². The van der Waals surface area contributed by atoms with Gasteiger partial charge in [-0.3, -0.25) is 14.4 Å². The lowest BCUT2D eigenvalue weighted by atomic mass is 10.1. The van der Waals surface area contributed by atoms with E-state index < -0.39 is 11.8 Å². The Balaban J connectivity index is 1.48. The van der Waals surface area contributed by atoms with Crippen LogP contribution in [-0.2, 0) is 20.8 Å². The number of carbonyl (C=O) groups excluding carboxylic acids is 3. The number of benzene rings is 2. The average Bonchev–Trinajstić information content (AvgIpc) is 3.57. The van der Waals surface area contributed by atoms with Gasteiger partial charge in [-0.15, -0.1) is 0 Å². The van der Waals surface area contributed by atoms with Crippen LogP contribution in [-0.4, -0.2) is 36.6 Å². The number of anilines is 1. The van der Waals surface area contributed by atoms with Crippen LogP contribution in [0.15, 0.2) is 53.6 Å². The van der Waals surface area contributed by atoms with E-state index in [-0.39, 0.29) is 18.6 Å². The van der Waals surface area contributed by atoms with Gasteiger partial charge >= 0.3 is 11.8 Å². The molecule has 1 aliphatic rings. The number of rotatable bonds is 8. The lowest BCUT2D eigenvalue weighted by Gasteiger charge is -2.10. The Kier molecular flexibility index (Phi) is 7.15. The minimum atomic E-state index is -0.811. The van der Waals surface area contributed by atoms with E-state index in [9.17, 15) is 14.4 Å². The predicted octanol–water partition coefficient (Wildman–Crippen LogP) is 2.00. The van der Waals surface area contributed by atoms with Crippen molar-refractivity contribution in [2.24, 2.45) is 5.10 Å². The van der Waals surface area contributed by atoms with Gasteiger partial charge in [-0.1, -0.05) is 37.3 Å². The number of hydrogen-bond acceptors (Lipinski definition) is 5. The smallest absolute Gasteiger partial charge is 0.329 e. The molecule has 1 aliphatic carbocycles. The van der Waals surface area contributed by atoms with Crippen molar-refractivity contribution in [2.45, 2.75) is 32.2 Å². The molecule has 0 aliphatic heterocycles. The van der Waals surface area contributed by atoms with E-state index in [0.29, 0.717) is 11.3 Å². The van der Waals surface area contributed by atoms with Crippen molar-refractivity contribution in [2.75, 3.05) is 11.9 Å². The molecule has 0 saturated heterocycles. The van der Waals surface area contributed by atoms with Crippen molar-refractivity contribution in [1.82, 2.24) is 10.7 Å². The lowest BCUT2D eigenvalue weighted by molar-refractivity contribution is -0.139. The summed E-state index contributed by atoms with van der Waals surface area (Å²) in [6.45, 7) is 1.88. The van der Waals surface area contributed by atoms with Crippen molar-refractivity contribution in [3.63, 3.8) is 0 Å². The molecule has 3 rings (SSSR count). The number of nitrogens with one attached hydrogen (secondary N) is 3. The summed E-state index contributed by atoms with van der Waals surface area (Å²) in [4.78, 5) is 35.4. The number of nitrogens with zero attached hydrogens (tertiary/aromatic N) is 1. The Hall–Kier alpha value is -3.68. The fraction of sp³-hybridized carbons (Fsp3) is 0.273. The van der Waals surface area contributed by atoms with Gasteiger partial charge in [0.15, 0.2) is 6.61 Å². The normalized spacial score (nSPS) is 13.0. The summed E-state index contributed by atoms with van der Waals surface area (Å²) in [6, 6.07) is 14.6. The van der Waals surface area contributed by atoms with E-state index in [2.05, 4.69) is 21.2 Å². The average molecular weight is 408 g/mol. The second kappa shape index (κ2) is 10.2. The van der Waals surface area contributed by atoms with Crippen LogP contribution >= 0.6 is 0 Å². The van der Waals surface area contributed by atoms with Crippen LogP contribution in [0.2, 0.25) is 0 Å². The Labute approximate surface area is 174 Å². The van der Waals surface area contributed by atoms with Crippen molar-refractivity contribution in [3.8, 4) is 5.75 Å². The maximum absolute atomic E-state index is 12.2. The minimum absolute atomic E-state index is 0.105. The van der Waals surface area contributed by atoms with Gasteiger partial charge in [0, 0.05) is 11.7 Å². The topological polar surface area (TPSA) is 109 Å². The quantitative estimate of drug-likeness (QED) is 0.353. The molecule has 8 heteroatoms. The molecule has 1 fully saturated rings. The summed E-state index contributed by atoms with van der Waals surface area (Å²) >= 11 is 0. The van der Waals surface area contributed by atoms with Crippen LogP contribution in [0.5, 0.6) is 5.75 Å². The first-order valence-corrected chi connectivity index (χ1v) is 9.79. The highest BCUT2D eigenvalue weighted by Crippen LogP contribution is 2.18. The molecule has 0 atom stereocenters. The highest BCUT2D eigenvalue weighted by molar-refractivity contribution is 6.35. The molecule has 0 bridgehead atoms. The van der Waals surface area contributed by atoms with Crippen molar-refractivity contribution >= 4 is 29.6 Å². The first-order chi connectivity index (χ1) is 14.5. The van der Waals surface area contributed by atoms with E-state index >= 15 is 0 Å². The standard InChI is InChI=1S/C22H24N4O4/c1-2-16-7-3-4-9-19(16)25-20(27)14-30-18-8-5-6-15(12-18)13-23-26-22(29)21(28)24-17-10-11-17/h3-9,12-13,17H,2,10-11,14H2,1H3,(H,24,28)(H,25,27)(H,26,29)/b23-13-. The molecule has 1 saturated carbocycles. The van der Waals surface area contributed by atoms with E-state index in [1.807, 2.05) is 31.2 Å². The third kappa shape index (κ3) is 6.44. The summed E-state index contributed by atoms with van der Waals surface area (Å²) in [7, 11) is 0. The molecule has 30 heavy (non-hydrogen) atoms. The molecule has 2 aromatic carbocycles. The van der Waals surface area contributed by atoms with E-state index in [1.165, 1.54) is 6.21 Å². The van der Waals surface area contributed by atoms with Gasteiger partial charge in [0.2, 0.25) is 0 Å². The fourth-order valence-electron chi connectivity index (χ4n) is 2.67. The monoisotopic (exact) mass is 408 g/mol. The Morgan fingerprint density at radius 3 is 2.67 bits per heavy atom. The zero-order valence-electron chi connectivity index (χ0n) is 16.7. The highest BCUT2D eigenvalue weighted by atomic mass is 16.5. The molecule has 0 aromatic heterocycles. The van der Waals surface area contributed by atoms with Crippen LogP contribution in [0.25, 0.3) is 0 Å². The van der Waals surface area contributed by atoms with Crippen LogP contribution in [0.3, 0.4) is 0 Å². The van der Waals surface area contributed by atoms with Crippen LogP contribution < -0.4 is 20.8 Å². The largest absolute Gasteiger partial charge is 0.484 e. The highest BCUT2D eigenvalue weighted by Gasteiger charge is 2.26. The molecule has 0 spiro atoms. The van der Waals surface area contributed by atoms with Crippen LogP contribution in [0.4, 0.5) is 5.69 Å². The van der Waals surface area contributed by atoms with Crippen LogP contribution in [0, 0.1) is 0 Å². The first kappa shape index (κ1) is 21.0. The second-order valence-electron chi connectivity index (χ2n) is 6.87. The summed E-state index contributed by atoms with van der Waals surface area (Å²) < 4.78 is 5.55. The van der Waals surface area contributed by atoms with E-state index in [0.717, 1.165) is 30.5 Å². The molecule has 0 unspecified atom stereocenters. The van der Waals surface area contributed by atoms with E-state index in [1.54, 1.807) is 24.3 Å². The Morgan fingerprint density at radius 1 is 1.10 bits per heavy atom. The Morgan fingerprint density at radius 2 is 1.90 bits per heavy atom. The minimum Gasteiger partial charge on any atom is -0.484 e. The van der Waals surface area contributed by atoms with Gasteiger partial charge in [-0.25, -0.2) is 5.43 Å². The van der Waals surface area contributed by atoms with E-state index in [4.69, 9.17) is 4.74 Å². The van der Waals surface area contributed by atoms with Gasteiger partial charge in [0.05, 0.1) is 6.21 Å². The molecule has 0 radical (unpaired) electrons. The molecular formula is C22H24N4O4. The molecule has 2 aromatic rings. The SMILES string of the molecule is CCc1ccccc1NC(=O)COc1cccc(/C=N\NC(=O)C(=O)NC2CC2)c1. The second-order valence-corrected chi connectivity index (χ2v) is 6.87. The summed E-state index contributed by atoms with van der Waals surface area (Å²) in [6.07, 6.45) is 4.01. The molecule has 3 N–H and O–H groups in total. The van der Waals surface area contributed by atoms with Crippen LogP contribution in [0.1, 0.15) is 30.9 Å². The number of ether oxygens (including phenoxy) is 1. The predicted molar refractivity (Wildman–Crippen MR) is 113 cm³/mol. The fourth-order valence-corrected chi connectivity index (χ4v) is 2.67. The van der Waals surface area contributed by atoms with Gasteiger partial charge in [-0.05, 0) is 48.6 Å². The third-order valence-electron chi connectivity index (χ3n) is 4.40. The number of para-hydroxylation sites is 1. The first-order valence-electron chi connectivity index (χ1n) is 9.79. The number of aryl methyl sites for hydroxylation is 1. The number of hydrazone groups is 1. The van der Waals surface area contributed by atoms with Crippen molar-refractivity contribution in [3.05, 3.63) is 59.7 Å². The van der Waals surface area contributed by atoms with Crippen molar-refractivity contribution < 1.29 is 19.1 Å². The summed E-state index contributed by atoms with van der Waals surface area (Å²) in [5.74, 6) is -1.28. The van der Waals surface area contributed by atoms with Gasteiger partial charge in [0.25, 0.3) is 5.91 Å². The van der Waals surface area contributed by atoms with Gasteiger partial charge in [-0.2, -0.15) is 5.10 Å². The molecule has 8 nitrogen and oxygen atoms in total. The molecule has 0 heterocycles. The summed E-state index contributed by atoms with van der Waals surface area (Å²) in [5, 5.41) is 9.21. The number of hydrogen-bond donors (Lipinski definition) is 3. The number of amides is 3. The molecule has 3 amide bonds. The third-order valence-corrected chi connectivity index (χ3v) is 4.40. The maximum Gasteiger partial charge on any atom is 0.329 e. The molecular weight excluding hydrogens is 384 g/mol. The van der Waals surface area contributed by atoms with Crippen molar-refractivity contribution in [1.29, 1.82) is 0 Å². The maximum atomic E-state index is 12.2. The Bertz CT molecular complexity index is 954.